The molecule has 0 bridgehead atoms. The summed E-state index contributed by atoms with van der Waals surface area (Å²) in [7, 11) is 2.05. The summed E-state index contributed by atoms with van der Waals surface area (Å²) in [6.07, 6.45) is 0. The number of aromatic nitrogens is 2. The lowest BCUT2D eigenvalue weighted by atomic mass is 10.2. The first-order valence-electron chi connectivity index (χ1n) is 5.84. The number of hydrogen-bond donors (Lipinski definition) is 1. The van der Waals surface area contributed by atoms with Crippen LogP contribution in [-0.4, -0.2) is 15.6 Å². The number of nitrogens with zero attached hydrogens (tertiary/aromatic N) is 2. The fourth-order valence-electron chi connectivity index (χ4n) is 2.04. The van der Waals surface area contributed by atoms with E-state index >= 15 is 0 Å². The monoisotopic (exact) mass is 251 g/mol. The molecular formula is C13H18ClN3. The summed E-state index contributed by atoms with van der Waals surface area (Å²) in [6, 6.07) is 4.35. The highest BCUT2D eigenvalue weighted by Gasteiger charge is 2.10. The Hall–Kier alpha value is -1.06. The highest BCUT2D eigenvalue weighted by molar-refractivity contribution is 6.31. The first-order chi connectivity index (χ1) is 7.99. The van der Waals surface area contributed by atoms with Crippen LogP contribution in [0.5, 0.6) is 0 Å². The summed E-state index contributed by atoms with van der Waals surface area (Å²) in [5.41, 5.74) is 3.30. The highest BCUT2D eigenvalue weighted by Crippen LogP contribution is 2.23. The Kier molecular flexibility index (Phi) is 3.40. The lowest BCUT2D eigenvalue weighted by Gasteiger charge is -2.08. The van der Waals surface area contributed by atoms with Crippen LogP contribution in [0, 0.1) is 6.92 Å². The van der Waals surface area contributed by atoms with E-state index in [1.165, 1.54) is 5.56 Å². The summed E-state index contributed by atoms with van der Waals surface area (Å²) >= 11 is 6.05. The molecule has 0 aliphatic carbocycles. The number of hydrogen-bond acceptors (Lipinski definition) is 2. The van der Waals surface area contributed by atoms with Gasteiger partial charge in [-0.25, -0.2) is 4.98 Å². The third kappa shape index (κ3) is 2.45. The van der Waals surface area contributed by atoms with Gasteiger partial charge in [-0.15, -0.1) is 0 Å². The zero-order valence-electron chi connectivity index (χ0n) is 10.7. The van der Waals surface area contributed by atoms with Crippen molar-refractivity contribution in [2.24, 2.45) is 7.05 Å². The summed E-state index contributed by atoms with van der Waals surface area (Å²) in [5, 5.41) is 4.13. The van der Waals surface area contributed by atoms with Crippen molar-refractivity contribution in [1.29, 1.82) is 0 Å². The molecule has 17 heavy (non-hydrogen) atoms. The molecule has 0 unspecified atom stereocenters. The van der Waals surface area contributed by atoms with Gasteiger partial charge in [-0.2, -0.15) is 0 Å². The molecule has 0 aliphatic heterocycles. The molecule has 1 N–H and O–H groups in total. The third-order valence-electron chi connectivity index (χ3n) is 2.89. The van der Waals surface area contributed by atoms with Gasteiger partial charge < -0.3 is 9.88 Å². The van der Waals surface area contributed by atoms with Crippen molar-refractivity contribution < 1.29 is 0 Å². The van der Waals surface area contributed by atoms with Crippen LogP contribution in [0.25, 0.3) is 11.0 Å². The van der Waals surface area contributed by atoms with E-state index in [0.717, 1.165) is 28.4 Å². The van der Waals surface area contributed by atoms with Crippen molar-refractivity contribution in [1.82, 2.24) is 14.9 Å². The molecule has 1 aromatic heterocycles. The highest BCUT2D eigenvalue weighted by atomic mass is 35.5. The van der Waals surface area contributed by atoms with Gasteiger partial charge >= 0.3 is 0 Å². The molecule has 1 heterocycles. The van der Waals surface area contributed by atoms with Crippen molar-refractivity contribution >= 4 is 22.6 Å². The molecule has 0 saturated carbocycles. The second-order valence-corrected chi connectivity index (χ2v) is 5.15. The molecule has 0 amide bonds. The van der Waals surface area contributed by atoms with Gasteiger partial charge in [-0.3, -0.25) is 0 Å². The SMILES string of the molecule is Cc1cc(Cl)cc2nc(CNC(C)C)n(C)c12. The lowest BCUT2D eigenvalue weighted by Crippen LogP contribution is -2.23. The predicted octanol–water partition coefficient (Wildman–Crippen LogP) is 3.03. The summed E-state index contributed by atoms with van der Waals surface area (Å²) in [4.78, 5) is 4.62. The number of halogens is 1. The maximum absolute atomic E-state index is 6.05. The van der Waals surface area contributed by atoms with E-state index in [2.05, 4.69) is 35.6 Å². The number of fused-ring (bicyclic) bond motifs is 1. The van der Waals surface area contributed by atoms with Crippen LogP contribution < -0.4 is 5.32 Å². The van der Waals surface area contributed by atoms with Crippen LogP contribution in [0.2, 0.25) is 5.02 Å². The van der Waals surface area contributed by atoms with E-state index < -0.39 is 0 Å². The maximum Gasteiger partial charge on any atom is 0.123 e. The molecule has 0 atom stereocenters. The van der Waals surface area contributed by atoms with Gasteiger partial charge in [0, 0.05) is 18.1 Å². The average Bonchev–Trinajstić information content (AvgIpc) is 2.52. The van der Waals surface area contributed by atoms with Gasteiger partial charge in [0.2, 0.25) is 0 Å². The van der Waals surface area contributed by atoms with E-state index in [4.69, 9.17) is 11.6 Å². The zero-order chi connectivity index (χ0) is 12.6. The van der Waals surface area contributed by atoms with Gasteiger partial charge in [0.15, 0.2) is 0 Å². The molecule has 92 valence electrons. The molecule has 2 rings (SSSR count). The Morgan fingerprint density at radius 1 is 1.41 bits per heavy atom. The van der Waals surface area contributed by atoms with E-state index in [1.807, 2.05) is 19.2 Å². The Morgan fingerprint density at radius 3 is 2.76 bits per heavy atom. The van der Waals surface area contributed by atoms with Crippen LogP contribution in [-0.2, 0) is 13.6 Å². The molecule has 0 radical (unpaired) electrons. The molecule has 0 saturated heterocycles. The summed E-state index contributed by atoms with van der Waals surface area (Å²) in [6.45, 7) is 7.10. The van der Waals surface area contributed by atoms with E-state index in [9.17, 15) is 0 Å². The van der Waals surface area contributed by atoms with Crippen molar-refractivity contribution in [3.8, 4) is 0 Å². The van der Waals surface area contributed by atoms with E-state index in [1.54, 1.807) is 0 Å². The molecule has 0 fully saturated rings. The van der Waals surface area contributed by atoms with Crippen molar-refractivity contribution in [3.63, 3.8) is 0 Å². The van der Waals surface area contributed by atoms with Crippen LogP contribution >= 0.6 is 11.6 Å². The van der Waals surface area contributed by atoms with Crippen molar-refractivity contribution in [3.05, 3.63) is 28.5 Å². The fourth-order valence-corrected chi connectivity index (χ4v) is 2.30. The van der Waals surface area contributed by atoms with Crippen molar-refractivity contribution in [2.45, 2.75) is 33.4 Å². The zero-order valence-corrected chi connectivity index (χ0v) is 11.5. The van der Waals surface area contributed by atoms with Crippen LogP contribution in [0.1, 0.15) is 25.2 Å². The normalized spacial score (nSPS) is 11.6. The molecule has 0 aliphatic rings. The number of imidazole rings is 1. The Bertz CT molecular complexity index is 543. The maximum atomic E-state index is 6.05. The van der Waals surface area contributed by atoms with Gasteiger partial charge in [0.05, 0.1) is 17.6 Å². The third-order valence-corrected chi connectivity index (χ3v) is 3.10. The predicted molar refractivity (Wildman–Crippen MR) is 72.4 cm³/mol. The van der Waals surface area contributed by atoms with Crippen molar-refractivity contribution in [2.75, 3.05) is 0 Å². The largest absolute Gasteiger partial charge is 0.330 e. The molecule has 0 spiro atoms. The van der Waals surface area contributed by atoms with Gasteiger partial charge in [-0.05, 0) is 24.6 Å². The lowest BCUT2D eigenvalue weighted by molar-refractivity contribution is 0.563. The minimum atomic E-state index is 0.458. The van der Waals surface area contributed by atoms with Crippen LogP contribution in [0.4, 0.5) is 0 Å². The van der Waals surface area contributed by atoms with Gasteiger partial charge in [0.25, 0.3) is 0 Å². The molecule has 2 aromatic rings. The molecular weight excluding hydrogens is 234 g/mol. The average molecular weight is 252 g/mol. The van der Waals surface area contributed by atoms with Gasteiger partial charge in [0.1, 0.15) is 5.82 Å². The number of aryl methyl sites for hydroxylation is 2. The first kappa shape index (κ1) is 12.4. The number of rotatable bonds is 3. The van der Waals surface area contributed by atoms with E-state index in [-0.39, 0.29) is 0 Å². The second-order valence-electron chi connectivity index (χ2n) is 4.71. The number of nitrogens with one attached hydrogen (secondary N) is 1. The Balaban J connectivity index is 2.45. The number of benzene rings is 1. The van der Waals surface area contributed by atoms with Crippen LogP contribution in [0.15, 0.2) is 12.1 Å². The Morgan fingerprint density at radius 2 is 2.12 bits per heavy atom. The standard InChI is InChI=1S/C13H18ClN3/c1-8(2)15-7-12-16-11-6-10(14)5-9(3)13(11)17(12)4/h5-6,8,15H,7H2,1-4H3. The smallest absolute Gasteiger partial charge is 0.123 e. The quantitative estimate of drug-likeness (QED) is 0.909. The summed E-state index contributed by atoms with van der Waals surface area (Å²) in [5.74, 6) is 1.04. The molecule has 4 heteroatoms. The fraction of sp³-hybridized carbons (Fsp3) is 0.462. The molecule has 3 nitrogen and oxygen atoms in total. The molecule has 1 aromatic carbocycles. The summed E-state index contributed by atoms with van der Waals surface area (Å²) < 4.78 is 2.14. The minimum Gasteiger partial charge on any atom is -0.330 e. The second kappa shape index (κ2) is 4.67. The van der Waals surface area contributed by atoms with Crippen LogP contribution in [0.3, 0.4) is 0 Å². The topological polar surface area (TPSA) is 29.9 Å². The van der Waals surface area contributed by atoms with Gasteiger partial charge in [-0.1, -0.05) is 25.4 Å². The Labute approximate surface area is 107 Å². The van der Waals surface area contributed by atoms with E-state index in [0.29, 0.717) is 6.04 Å². The minimum absolute atomic E-state index is 0.458. The first-order valence-corrected chi connectivity index (χ1v) is 6.21.